The first-order valence-electron chi connectivity index (χ1n) is 6.98. The Morgan fingerprint density at radius 2 is 1.78 bits per heavy atom. The Labute approximate surface area is 111 Å². The Balaban J connectivity index is 2.04. The molecule has 1 fully saturated rings. The lowest BCUT2D eigenvalue weighted by molar-refractivity contribution is -0.121. The number of rotatable bonds is 7. The minimum absolute atomic E-state index is 0.176. The van der Waals surface area contributed by atoms with Gasteiger partial charge in [-0.25, -0.2) is 0 Å². The summed E-state index contributed by atoms with van der Waals surface area (Å²) < 4.78 is 0. The van der Waals surface area contributed by atoms with Gasteiger partial charge in [0.05, 0.1) is 0 Å². The number of likely N-dealkylation sites (N-methyl/N-ethyl adjacent to an activating group) is 2. The molecule has 0 aromatic carbocycles. The van der Waals surface area contributed by atoms with Crippen LogP contribution in [0.15, 0.2) is 0 Å². The molecular weight excluding hydrogens is 228 g/mol. The Kier molecular flexibility index (Phi) is 7.23. The fourth-order valence-corrected chi connectivity index (χ4v) is 2.10. The van der Waals surface area contributed by atoms with Crippen LogP contribution in [-0.2, 0) is 4.79 Å². The van der Waals surface area contributed by atoms with Gasteiger partial charge >= 0.3 is 0 Å². The van der Waals surface area contributed by atoms with Gasteiger partial charge in [0.25, 0.3) is 0 Å². The normalized spacial score (nSPS) is 18.2. The van der Waals surface area contributed by atoms with Crippen LogP contribution in [0, 0.1) is 0 Å². The Morgan fingerprint density at radius 1 is 1.17 bits per heavy atom. The quantitative estimate of drug-likeness (QED) is 0.678. The van der Waals surface area contributed by atoms with Crippen LogP contribution in [0.25, 0.3) is 0 Å². The van der Waals surface area contributed by atoms with Gasteiger partial charge in [0.1, 0.15) is 0 Å². The average Bonchev–Trinajstić information content (AvgIpc) is 2.36. The van der Waals surface area contributed by atoms with E-state index in [1.54, 1.807) is 0 Å². The molecule has 18 heavy (non-hydrogen) atoms. The molecule has 1 aliphatic rings. The molecule has 1 rings (SSSR count). The SMILES string of the molecule is CCN1CCN(CCC(=O)NCCN(C)C)CC1. The maximum absolute atomic E-state index is 11.6. The van der Waals surface area contributed by atoms with Gasteiger partial charge in [-0.15, -0.1) is 0 Å². The Morgan fingerprint density at radius 3 is 2.33 bits per heavy atom. The maximum Gasteiger partial charge on any atom is 0.221 e. The van der Waals surface area contributed by atoms with Gasteiger partial charge in [-0.2, -0.15) is 0 Å². The molecule has 1 heterocycles. The van der Waals surface area contributed by atoms with Crippen molar-refractivity contribution in [2.24, 2.45) is 0 Å². The molecular formula is C13H28N4O. The molecule has 1 N–H and O–H groups in total. The van der Waals surface area contributed by atoms with E-state index >= 15 is 0 Å². The molecule has 0 unspecified atom stereocenters. The number of nitrogens with one attached hydrogen (secondary N) is 1. The van der Waals surface area contributed by atoms with E-state index in [1.165, 1.54) is 0 Å². The molecule has 0 radical (unpaired) electrons. The molecule has 0 bridgehead atoms. The summed E-state index contributed by atoms with van der Waals surface area (Å²) in [6.45, 7) is 10.4. The van der Waals surface area contributed by atoms with Crippen molar-refractivity contribution in [1.29, 1.82) is 0 Å². The summed E-state index contributed by atoms with van der Waals surface area (Å²) in [6.07, 6.45) is 0.625. The lowest BCUT2D eigenvalue weighted by atomic mass is 10.3. The van der Waals surface area contributed by atoms with Crippen LogP contribution in [0.2, 0.25) is 0 Å². The molecule has 1 aliphatic heterocycles. The van der Waals surface area contributed by atoms with Gasteiger partial charge in [-0.3, -0.25) is 4.79 Å². The van der Waals surface area contributed by atoms with E-state index in [2.05, 4.69) is 26.9 Å². The molecule has 0 aliphatic carbocycles. The summed E-state index contributed by atoms with van der Waals surface area (Å²) in [5.41, 5.74) is 0. The van der Waals surface area contributed by atoms with Crippen molar-refractivity contribution in [3.8, 4) is 0 Å². The minimum atomic E-state index is 0.176. The van der Waals surface area contributed by atoms with Crippen molar-refractivity contribution in [2.45, 2.75) is 13.3 Å². The third-order valence-corrected chi connectivity index (χ3v) is 3.45. The number of carbonyl (C=O) groups excluding carboxylic acids is 1. The molecule has 0 spiro atoms. The first kappa shape index (κ1) is 15.4. The number of amides is 1. The fraction of sp³-hybridized carbons (Fsp3) is 0.923. The molecule has 1 saturated heterocycles. The van der Waals surface area contributed by atoms with E-state index in [-0.39, 0.29) is 5.91 Å². The first-order valence-corrected chi connectivity index (χ1v) is 6.98. The Hall–Kier alpha value is -0.650. The smallest absolute Gasteiger partial charge is 0.221 e. The third-order valence-electron chi connectivity index (χ3n) is 3.45. The van der Waals surface area contributed by atoms with Crippen molar-refractivity contribution in [1.82, 2.24) is 20.0 Å². The zero-order chi connectivity index (χ0) is 13.4. The lowest BCUT2D eigenvalue weighted by Crippen LogP contribution is -2.47. The largest absolute Gasteiger partial charge is 0.355 e. The Bertz CT molecular complexity index is 237. The van der Waals surface area contributed by atoms with Gasteiger partial charge in [-0.05, 0) is 20.6 Å². The number of carbonyl (C=O) groups is 1. The van der Waals surface area contributed by atoms with E-state index < -0.39 is 0 Å². The van der Waals surface area contributed by atoms with Gasteiger partial charge < -0.3 is 20.0 Å². The number of piperazine rings is 1. The fourth-order valence-electron chi connectivity index (χ4n) is 2.10. The zero-order valence-corrected chi connectivity index (χ0v) is 12.1. The summed E-state index contributed by atoms with van der Waals surface area (Å²) in [6, 6.07) is 0. The van der Waals surface area contributed by atoms with Crippen LogP contribution in [0.1, 0.15) is 13.3 Å². The van der Waals surface area contributed by atoms with E-state index in [0.29, 0.717) is 6.42 Å². The van der Waals surface area contributed by atoms with Crippen LogP contribution in [0.5, 0.6) is 0 Å². The molecule has 0 saturated carbocycles. The topological polar surface area (TPSA) is 38.8 Å². The maximum atomic E-state index is 11.6. The van der Waals surface area contributed by atoms with Crippen LogP contribution >= 0.6 is 0 Å². The summed E-state index contributed by atoms with van der Waals surface area (Å²) in [5.74, 6) is 0.176. The monoisotopic (exact) mass is 256 g/mol. The van der Waals surface area contributed by atoms with E-state index in [1.807, 2.05) is 14.1 Å². The highest BCUT2D eigenvalue weighted by atomic mass is 16.1. The predicted molar refractivity (Wildman–Crippen MR) is 74.7 cm³/mol. The van der Waals surface area contributed by atoms with Crippen LogP contribution in [0.4, 0.5) is 0 Å². The second kappa shape index (κ2) is 8.45. The van der Waals surface area contributed by atoms with E-state index in [9.17, 15) is 4.79 Å². The highest BCUT2D eigenvalue weighted by molar-refractivity contribution is 5.76. The second-order valence-electron chi connectivity index (χ2n) is 5.18. The van der Waals surface area contributed by atoms with Crippen molar-refractivity contribution < 1.29 is 4.79 Å². The molecule has 106 valence electrons. The van der Waals surface area contributed by atoms with Crippen LogP contribution in [0.3, 0.4) is 0 Å². The highest BCUT2D eigenvalue weighted by Gasteiger charge is 2.15. The average molecular weight is 256 g/mol. The van der Waals surface area contributed by atoms with Gasteiger partial charge in [-0.1, -0.05) is 6.92 Å². The molecule has 0 aromatic rings. The second-order valence-corrected chi connectivity index (χ2v) is 5.18. The molecule has 0 aromatic heterocycles. The van der Waals surface area contributed by atoms with Crippen molar-refractivity contribution in [2.75, 3.05) is 66.5 Å². The van der Waals surface area contributed by atoms with E-state index in [4.69, 9.17) is 0 Å². The standard InChI is InChI=1S/C13H28N4O/c1-4-16-9-11-17(12-10-16)7-5-13(18)14-6-8-15(2)3/h4-12H2,1-3H3,(H,14,18). The number of nitrogens with zero attached hydrogens (tertiary/aromatic N) is 3. The lowest BCUT2D eigenvalue weighted by Gasteiger charge is -2.33. The van der Waals surface area contributed by atoms with Crippen molar-refractivity contribution in [3.05, 3.63) is 0 Å². The summed E-state index contributed by atoms with van der Waals surface area (Å²) in [4.78, 5) is 18.5. The third kappa shape index (κ3) is 6.33. The summed E-state index contributed by atoms with van der Waals surface area (Å²) >= 11 is 0. The first-order chi connectivity index (χ1) is 8.61. The zero-order valence-electron chi connectivity index (χ0n) is 12.1. The number of hydrogen-bond acceptors (Lipinski definition) is 4. The predicted octanol–water partition coefficient (Wildman–Crippen LogP) is -0.308. The summed E-state index contributed by atoms with van der Waals surface area (Å²) in [5, 5.41) is 2.96. The van der Waals surface area contributed by atoms with E-state index in [0.717, 1.165) is 52.4 Å². The number of hydrogen-bond donors (Lipinski definition) is 1. The van der Waals surface area contributed by atoms with Gasteiger partial charge in [0.15, 0.2) is 0 Å². The molecule has 0 atom stereocenters. The molecule has 5 heteroatoms. The van der Waals surface area contributed by atoms with Gasteiger partial charge in [0.2, 0.25) is 5.91 Å². The molecule has 5 nitrogen and oxygen atoms in total. The highest BCUT2D eigenvalue weighted by Crippen LogP contribution is 2.01. The van der Waals surface area contributed by atoms with Crippen LogP contribution in [-0.4, -0.2) is 87.1 Å². The van der Waals surface area contributed by atoms with Crippen molar-refractivity contribution >= 4 is 5.91 Å². The van der Waals surface area contributed by atoms with Crippen molar-refractivity contribution in [3.63, 3.8) is 0 Å². The summed E-state index contributed by atoms with van der Waals surface area (Å²) in [7, 11) is 4.03. The van der Waals surface area contributed by atoms with Crippen LogP contribution < -0.4 is 5.32 Å². The minimum Gasteiger partial charge on any atom is -0.355 e. The molecule has 1 amide bonds. The van der Waals surface area contributed by atoms with Gasteiger partial charge in [0, 0.05) is 52.2 Å².